The Hall–Kier alpha value is -2.16. The first-order valence-electron chi connectivity index (χ1n) is 5.70. The van der Waals surface area contributed by atoms with Crippen LogP contribution in [0.1, 0.15) is 5.56 Å². The lowest BCUT2D eigenvalue weighted by Crippen LogP contribution is -2.14. The van der Waals surface area contributed by atoms with Gasteiger partial charge in [0, 0.05) is 18.0 Å². The van der Waals surface area contributed by atoms with Crippen LogP contribution < -0.4 is 16.0 Å². The second kappa shape index (κ2) is 5.87. The Bertz CT molecular complexity index is 686. The van der Waals surface area contributed by atoms with Crippen LogP contribution in [0.25, 0.3) is 0 Å². The minimum atomic E-state index is -3.71. The molecule has 1 heterocycles. The van der Waals surface area contributed by atoms with Crippen LogP contribution in [0.15, 0.2) is 47.5 Å². The Kier molecular flexibility index (Phi) is 4.18. The zero-order chi connectivity index (χ0) is 14.6. The minimum Gasteiger partial charge on any atom is -0.392 e. The number of aliphatic hydroxyl groups excluding tert-OH is 1. The summed E-state index contributed by atoms with van der Waals surface area (Å²) in [5.41, 5.74) is 3.39. The van der Waals surface area contributed by atoms with Gasteiger partial charge in [-0.3, -0.25) is 4.72 Å². The first kappa shape index (κ1) is 14.3. The maximum Gasteiger partial charge on any atom is 0.262 e. The van der Waals surface area contributed by atoms with Crippen molar-refractivity contribution in [3.63, 3.8) is 0 Å². The van der Waals surface area contributed by atoms with Crippen LogP contribution in [0.5, 0.6) is 0 Å². The van der Waals surface area contributed by atoms with E-state index in [4.69, 9.17) is 10.9 Å². The molecule has 5 N–H and O–H groups in total. The van der Waals surface area contributed by atoms with Crippen molar-refractivity contribution in [1.82, 2.24) is 4.98 Å². The van der Waals surface area contributed by atoms with E-state index in [9.17, 15) is 8.42 Å². The quantitative estimate of drug-likeness (QED) is 0.475. The number of hydrazine groups is 1. The van der Waals surface area contributed by atoms with Crippen LogP contribution in [0.2, 0.25) is 0 Å². The SMILES string of the molecule is NNc1cc(S(=O)(=O)Nc2ccc(CO)cc2)ccn1. The molecule has 0 spiro atoms. The molecule has 2 rings (SSSR count). The van der Waals surface area contributed by atoms with Crippen molar-refractivity contribution in [2.75, 3.05) is 10.1 Å². The molecule has 0 aliphatic rings. The van der Waals surface area contributed by atoms with Gasteiger partial charge in [0.1, 0.15) is 5.82 Å². The molecule has 0 radical (unpaired) electrons. The molecular formula is C12H14N4O3S. The molecule has 1 aromatic heterocycles. The molecule has 8 heteroatoms. The van der Waals surface area contributed by atoms with E-state index in [-0.39, 0.29) is 17.3 Å². The average Bonchev–Trinajstić information content (AvgIpc) is 2.48. The Labute approximate surface area is 116 Å². The zero-order valence-electron chi connectivity index (χ0n) is 10.4. The van der Waals surface area contributed by atoms with E-state index in [0.717, 1.165) is 0 Å². The van der Waals surface area contributed by atoms with E-state index in [1.807, 2.05) is 0 Å². The van der Waals surface area contributed by atoms with Gasteiger partial charge in [-0.15, -0.1) is 0 Å². The number of nitrogens with one attached hydrogen (secondary N) is 2. The van der Waals surface area contributed by atoms with Gasteiger partial charge in [0.05, 0.1) is 11.5 Å². The van der Waals surface area contributed by atoms with Crippen LogP contribution in [0.3, 0.4) is 0 Å². The van der Waals surface area contributed by atoms with E-state index in [2.05, 4.69) is 15.1 Å². The zero-order valence-corrected chi connectivity index (χ0v) is 11.3. The summed E-state index contributed by atoms with van der Waals surface area (Å²) in [4.78, 5) is 3.89. The topological polar surface area (TPSA) is 117 Å². The van der Waals surface area contributed by atoms with Gasteiger partial charge in [-0.1, -0.05) is 12.1 Å². The second-order valence-corrected chi connectivity index (χ2v) is 5.66. The van der Waals surface area contributed by atoms with E-state index in [1.54, 1.807) is 24.3 Å². The number of rotatable bonds is 5. The molecule has 0 amide bonds. The molecule has 0 saturated carbocycles. The highest BCUT2D eigenvalue weighted by Crippen LogP contribution is 2.18. The van der Waals surface area contributed by atoms with E-state index in [0.29, 0.717) is 11.3 Å². The van der Waals surface area contributed by atoms with E-state index in [1.165, 1.54) is 18.3 Å². The van der Waals surface area contributed by atoms with Crippen LogP contribution >= 0.6 is 0 Å². The summed E-state index contributed by atoms with van der Waals surface area (Å²) in [6, 6.07) is 9.11. The lowest BCUT2D eigenvalue weighted by Gasteiger charge is -2.09. The predicted molar refractivity (Wildman–Crippen MR) is 75.2 cm³/mol. The molecule has 1 aromatic carbocycles. The number of nitrogen functional groups attached to an aromatic ring is 1. The van der Waals surface area contributed by atoms with Crippen molar-refractivity contribution in [2.24, 2.45) is 5.84 Å². The standard InChI is InChI=1S/C12H14N4O3S/c13-15-12-7-11(5-6-14-12)20(18,19)16-10-3-1-9(8-17)2-4-10/h1-7,16-17H,8,13H2,(H,14,15). The van der Waals surface area contributed by atoms with Crippen molar-refractivity contribution in [2.45, 2.75) is 11.5 Å². The highest BCUT2D eigenvalue weighted by Gasteiger charge is 2.14. The fourth-order valence-corrected chi connectivity index (χ4v) is 2.62. The van der Waals surface area contributed by atoms with Gasteiger partial charge in [0.2, 0.25) is 0 Å². The summed E-state index contributed by atoms with van der Waals surface area (Å²) in [7, 11) is -3.71. The minimum absolute atomic E-state index is 0.0479. The fraction of sp³-hybridized carbons (Fsp3) is 0.0833. The fourth-order valence-electron chi connectivity index (χ4n) is 1.55. The summed E-state index contributed by atoms with van der Waals surface area (Å²) in [6.07, 6.45) is 1.35. The van der Waals surface area contributed by atoms with Crippen LogP contribution in [0.4, 0.5) is 11.5 Å². The van der Waals surface area contributed by atoms with Crippen molar-refractivity contribution < 1.29 is 13.5 Å². The van der Waals surface area contributed by atoms with Crippen molar-refractivity contribution >= 4 is 21.5 Å². The first-order chi connectivity index (χ1) is 9.55. The molecule has 0 bridgehead atoms. The third kappa shape index (κ3) is 3.23. The number of sulfonamides is 1. The number of anilines is 2. The molecular weight excluding hydrogens is 280 g/mol. The maximum absolute atomic E-state index is 12.2. The predicted octanol–water partition coefficient (Wildman–Crippen LogP) is 0.660. The lowest BCUT2D eigenvalue weighted by molar-refractivity contribution is 0.282. The Balaban J connectivity index is 2.25. The summed E-state index contributed by atoms with van der Waals surface area (Å²) in [6.45, 7) is -0.0943. The summed E-state index contributed by atoms with van der Waals surface area (Å²) < 4.78 is 26.8. The molecule has 0 saturated heterocycles. The van der Waals surface area contributed by atoms with Gasteiger partial charge in [0.15, 0.2) is 0 Å². The number of pyridine rings is 1. The van der Waals surface area contributed by atoms with Crippen LogP contribution in [0, 0.1) is 0 Å². The van der Waals surface area contributed by atoms with Crippen LogP contribution in [-0.2, 0) is 16.6 Å². The maximum atomic E-state index is 12.2. The molecule has 20 heavy (non-hydrogen) atoms. The largest absolute Gasteiger partial charge is 0.392 e. The number of nitrogens with two attached hydrogens (primary N) is 1. The smallest absolute Gasteiger partial charge is 0.262 e. The molecule has 0 unspecified atom stereocenters. The third-order valence-corrected chi connectivity index (χ3v) is 3.96. The normalized spacial score (nSPS) is 11.1. The Morgan fingerprint density at radius 3 is 2.50 bits per heavy atom. The van der Waals surface area contributed by atoms with Gasteiger partial charge < -0.3 is 10.5 Å². The Morgan fingerprint density at radius 1 is 1.20 bits per heavy atom. The summed E-state index contributed by atoms with van der Waals surface area (Å²) in [5, 5.41) is 8.93. The molecule has 0 aliphatic heterocycles. The summed E-state index contributed by atoms with van der Waals surface area (Å²) in [5.74, 6) is 5.45. The first-order valence-corrected chi connectivity index (χ1v) is 7.19. The summed E-state index contributed by atoms with van der Waals surface area (Å²) >= 11 is 0. The van der Waals surface area contributed by atoms with Gasteiger partial charge in [-0.05, 0) is 23.8 Å². The van der Waals surface area contributed by atoms with Gasteiger partial charge in [-0.2, -0.15) is 0 Å². The number of benzene rings is 1. The molecule has 106 valence electrons. The highest BCUT2D eigenvalue weighted by molar-refractivity contribution is 7.92. The molecule has 0 atom stereocenters. The number of hydrogen-bond acceptors (Lipinski definition) is 6. The third-order valence-electron chi connectivity index (χ3n) is 2.58. The van der Waals surface area contributed by atoms with Crippen molar-refractivity contribution in [3.8, 4) is 0 Å². The van der Waals surface area contributed by atoms with Crippen LogP contribution in [-0.4, -0.2) is 18.5 Å². The van der Waals surface area contributed by atoms with Gasteiger partial charge in [-0.25, -0.2) is 19.2 Å². The molecule has 0 fully saturated rings. The van der Waals surface area contributed by atoms with Gasteiger partial charge in [0.25, 0.3) is 10.0 Å². The monoisotopic (exact) mass is 294 g/mol. The molecule has 2 aromatic rings. The number of nitrogens with zero attached hydrogens (tertiary/aromatic N) is 1. The number of aromatic nitrogens is 1. The second-order valence-electron chi connectivity index (χ2n) is 3.98. The Morgan fingerprint density at radius 2 is 1.90 bits per heavy atom. The lowest BCUT2D eigenvalue weighted by atomic mass is 10.2. The van der Waals surface area contributed by atoms with Gasteiger partial charge >= 0.3 is 0 Å². The average molecular weight is 294 g/mol. The number of hydrogen-bond donors (Lipinski definition) is 4. The van der Waals surface area contributed by atoms with Crippen molar-refractivity contribution in [3.05, 3.63) is 48.2 Å². The van der Waals surface area contributed by atoms with Crippen molar-refractivity contribution in [1.29, 1.82) is 0 Å². The van der Waals surface area contributed by atoms with E-state index >= 15 is 0 Å². The number of aliphatic hydroxyl groups is 1. The highest BCUT2D eigenvalue weighted by atomic mass is 32.2. The molecule has 7 nitrogen and oxygen atoms in total. The van der Waals surface area contributed by atoms with E-state index < -0.39 is 10.0 Å². The molecule has 0 aliphatic carbocycles.